The molecule has 5 heteroatoms. The number of hydrogen-bond donors (Lipinski definition) is 1. The van der Waals surface area contributed by atoms with Crippen LogP contribution in [-0.2, 0) is 6.42 Å². The molecule has 18 heavy (non-hydrogen) atoms. The van der Waals surface area contributed by atoms with Gasteiger partial charge < -0.3 is 5.32 Å². The van der Waals surface area contributed by atoms with Gasteiger partial charge in [-0.05, 0) is 48.9 Å². The molecule has 0 amide bonds. The molecule has 2 rings (SSSR count). The second-order valence-electron chi connectivity index (χ2n) is 3.96. The van der Waals surface area contributed by atoms with Gasteiger partial charge >= 0.3 is 0 Å². The van der Waals surface area contributed by atoms with Crippen LogP contribution in [0.4, 0.5) is 8.78 Å². The molecule has 0 aliphatic carbocycles. The minimum Gasteiger partial charge on any atom is -0.313 e. The lowest BCUT2D eigenvalue weighted by Crippen LogP contribution is -2.19. The number of hydrogen-bond acceptors (Lipinski definition) is 3. The highest BCUT2D eigenvalue weighted by molar-refractivity contribution is 5.23. The number of benzene rings is 1. The minimum absolute atomic E-state index is 0.128. The number of nitrogens with one attached hydrogen (secondary N) is 1. The fraction of sp³-hybridized carbons (Fsp3) is 0.231. The Kier molecular flexibility index (Phi) is 3.94. The van der Waals surface area contributed by atoms with Crippen LogP contribution in [0.2, 0.25) is 0 Å². The van der Waals surface area contributed by atoms with Gasteiger partial charge in [0.15, 0.2) is 0 Å². The van der Waals surface area contributed by atoms with E-state index in [0.717, 1.165) is 17.7 Å². The number of nitrogens with zero attached hydrogens (tertiary/aromatic N) is 2. The molecule has 1 N–H and O–H groups in total. The van der Waals surface area contributed by atoms with E-state index in [0.29, 0.717) is 12.0 Å². The maximum atomic E-state index is 13.6. The average Bonchev–Trinajstić information content (AvgIpc) is 2.41. The number of rotatable bonds is 4. The molecular formula is C13H13F2N3. The highest BCUT2D eigenvalue weighted by Crippen LogP contribution is 2.19. The van der Waals surface area contributed by atoms with Gasteiger partial charge in [0.05, 0.1) is 6.20 Å². The standard InChI is InChI=1S/C13H13F2N3/c1-16-13(9-4-5-17-18-8-9)7-10-6-11(14)2-3-12(10)15/h2-6,8,13,16H,7H2,1H3. The van der Waals surface area contributed by atoms with E-state index in [9.17, 15) is 8.78 Å². The fourth-order valence-corrected chi connectivity index (χ4v) is 1.81. The first-order valence-corrected chi connectivity index (χ1v) is 5.58. The molecule has 0 fully saturated rings. The Bertz CT molecular complexity index is 517. The highest BCUT2D eigenvalue weighted by atomic mass is 19.1. The van der Waals surface area contributed by atoms with E-state index < -0.39 is 11.6 Å². The van der Waals surface area contributed by atoms with Gasteiger partial charge in [-0.25, -0.2) is 8.78 Å². The molecule has 0 radical (unpaired) electrons. The van der Waals surface area contributed by atoms with Gasteiger partial charge in [0.1, 0.15) is 11.6 Å². The van der Waals surface area contributed by atoms with Crippen molar-refractivity contribution in [1.82, 2.24) is 15.5 Å². The molecule has 0 saturated heterocycles. The summed E-state index contributed by atoms with van der Waals surface area (Å²) < 4.78 is 26.7. The minimum atomic E-state index is -0.436. The predicted molar refractivity (Wildman–Crippen MR) is 63.9 cm³/mol. The Balaban J connectivity index is 2.23. The van der Waals surface area contributed by atoms with Gasteiger partial charge in [-0.15, -0.1) is 0 Å². The van der Waals surface area contributed by atoms with Crippen molar-refractivity contribution in [3.63, 3.8) is 0 Å². The molecule has 2 aromatic rings. The number of aromatic nitrogens is 2. The molecule has 0 aliphatic heterocycles. The summed E-state index contributed by atoms with van der Waals surface area (Å²) in [6.45, 7) is 0. The average molecular weight is 249 g/mol. The predicted octanol–water partition coefficient (Wildman–Crippen LogP) is 2.26. The van der Waals surface area contributed by atoms with Crippen LogP contribution in [0.5, 0.6) is 0 Å². The Hall–Kier alpha value is -1.88. The maximum Gasteiger partial charge on any atom is 0.126 e. The van der Waals surface area contributed by atoms with Crippen molar-refractivity contribution in [3.8, 4) is 0 Å². The van der Waals surface area contributed by atoms with Crippen molar-refractivity contribution in [2.45, 2.75) is 12.5 Å². The lowest BCUT2D eigenvalue weighted by Gasteiger charge is -2.16. The fourth-order valence-electron chi connectivity index (χ4n) is 1.81. The molecule has 1 aromatic carbocycles. The van der Waals surface area contributed by atoms with Crippen molar-refractivity contribution < 1.29 is 8.78 Å². The Morgan fingerprint density at radius 3 is 2.72 bits per heavy atom. The third-order valence-corrected chi connectivity index (χ3v) is 2.79. The first kappa shape index (κ1) is 12.6. The maximum absolute atomic E-state index is 13.6. The largest absolute Gasteiger partial charge is 0.313 e. The molecule has 1 unspecified atom stereocenters. The van der Waals surface area contributed by atoms with E-state index in [1.54, 1.807) is 25.5 Å². The second kappa shape index (κ2) is 5.64. The van der Waals surface area contributed by atoms with Gasteiger partial charge in [0.25, 0.3) is 0 Å². The van der Waals surface area contributed by atoms with Crippen LogP contribution >= 0.6 is 0 Å². The van der Waals surface area contributed by atoms with Crippen LogP contribution in [0, 0.1) is 11.6 Å². The summed E-state index contributed by atoms with van der Waals surface area (Å²) >= 11 is 0. The van der Waals surface area contributed by atoms with Crippen LogP contribution < -0.4 is 5.32 Å². The summed E-state index contributed by atoms with van der Waals surface area (Å²) in [5.41, 5.74) is 1.22. The lowest BCUT2D eigenvalue weighted by atomic mass is 10.0. The van der Waals surface area contributed by atoms with Crippen LogP contribution in [0.25, 0.3) is 0 Å². The smallest absolute Gasteiger partial charge is 0.126 e. The molecule has 1 atom stereocenters. The highest BCUT2D eigenvalue weighted by Gasteiger charge is 2.13. The van der Waals surface area contributed by atoms with E-state index >= 15 is 0 Å². The molecule has 0 aliphatic rings. The van der Waals surface area contributed by atoms with E-state index in [1.165, 1.54) is 6.07 Å². The molecule has 0 spiro atoms. The van der Waals surface area contributed by atoms with Gasteiger partial charge in [-0.3, -0.25) is 0 Å². The summed E-state index contributed by atoms with van der Waals surface area (Å²) in [5.74, 6) is -0.840. The molecule has 94 valence electrons. The van der Waals surface area contributed by atoms with Crippen molar-refractivity contribution in [3.05, 3.63) is 59.4 Å². The van der Waals surface area contributed by atoms with Crippen LogP contribution in [0.3, 0.4) is 0 Å². The summed E-state index contributed by atoms with van der Waals surface area (Å²) in [5, 5.41) is 10.5. The van der Waals surface area contributed by atoms with Crippen LogP contribution in [-0.4, -0.2) is 17.2 Å². The first-order valence-electron chi connectivity index (χ1n) is 5.58. The number of halogens is 2. The van der Waals surface area contributed by atoms with Crippen molar-refractivity contribution in [2.24, 2.45) is 0 Å². The van der Waals surface area contributed by atoms with E-state index in [2.05, 4.69) is 15.5 Å². The first-order chi connectivity index (χ1) is 8.70. The monoisotopic (exact) mass is 249 g/mol. The van der Waals surface area contributed by atoms with Crippen molar-refractivity contribution in [1.29, 1.82) is 0 Å². The summed E-state index contributed by atoms with van der Waals surface area (Å²) in [6.07, 6.45) is 3.53. The SMILES string of the molecule is CNC(Cc1cc(F)ccc1F)c1ccnnc1. The zero-order valence-corrected chi connectivity index (χ0v) is 9.90. The Labute approximate surface area is 104 Å². The lowest BCUT2D eigenvalue weighted by molar-refractivity contribution is 0.542. The Morgan fingerprint density at radius 1 is 1.22 bits per heavy atom. The molecule has 0 bridgehead atoms. The zero-order chi connectivity index (χ0) is 13.0. The van der Waals surface area contributed by atoms with Crippen LogP contribution in [0.1, 0.15) is 17.2 Å². The Morgan fingerprint density at radius 2 is 2.06 bits per heavy atom. The summed E-state index contributed by atoms with van der Waals surface area (Å²) in [4.78, 5) is 0. The van der Waals surface area contributed by atoms with Crippen LogP contribution in [0.15, 0.2) is 36.7 Å². The number of likely N-dealkylation sites (N-methyl/N-ethyl adjacent to an activating group) is 1. The van der Waals surface area contributed by atoms with Gasteiger partial charge in [-0.2, -0.15) is 10.2 Å². The topological polar surface area (TPSA) is 37.8 Å². The third-order valence-electron chi connectivity index (χ3n) is 2.79. The second-order valence-corrected chi connectivity index (χ2v) is 3.96. The third kappa shape index (κ3) is 2.87. The quantitative estimate of drug-likeness (QED) is 0.903. The molecule has 1 aromatic heterocycles. The van der Waals surface area contributed by atoms with Crippen molar-refractivity contribution in [2.75, 3.05) is 7.05 Å². The van der Waals surface area contributed by atoms with E-state index in [1.807, 2.05) is 0 Å². The van der Waals surface area contributed by atoms with Gasteiger partial charge in [-0.1, -0.05) is 0 Å². The zero-order valence-electron chi connectivity index (χ0n) is 9.90. The molecular weight excluding hydrogens is 236 g/mol. The van der Waals surface area contributed by atoms with E-state index in [4.69, 9.17) is 0 Å². The molecule has 1 heterocycles. The molecule has 3 nitrogen and oxygen atoms in total. The van der Waals surface area contributed by atoms with Crippen molar-refractivity contribution >= 4 is 0 Å². The molecule has 0 saturated carbocycles. The summed E-state index contributed by atoms with van der Waals surface area (Å²) in [7, 11) is 1.77. The van der Waals surface area contributed by atoms with Gasteiger partial charge in [0, 0.05) is 12.2 Å². The van der Waals surface area contributed by atoms with E-state index in [-0.39, 0.29) is 6.04 Å². The summed E-state index contributed by atoms with van der Waals surface area (Å²) in [6, 6.07) is 5.14. The normalized spacial score (nSPS) is 12.4. The van der Waals surface area contributed by atoms with Gasteiger partial charge in [0.2, 0.25) is 0 Å².